The number of carbonyl (C=O) groups excluding carboxylic acids is 1. The first kappa shape index (κ1) is 15.0. The van der Waals surface area contributed by atoms with Gasteiger partial charge in [0.15, 0.2) is 0 Å². The molecule has 20 heavy (non-hydrogen) atoms. The number of aryl methyl sites for hydroxylation is 1. The molecule has 1 aliphatic heterocycles. The van der Waals surface area contributed by atoms with E-state index in [-0.39, 0.29) is 17.8 Å². The molecule has 0 spiro atoms. The lowest BCUT2D eigenvalue weighted by Gasteiger charge is -2.34. The molecular formula is C16H23FN2O. The Morgan fingerprint density at radius 3 is 2.65 bits per heavy atom. The number of amides is 1. The smallest absolute Gasteiger partial charge is 0.254 e. The number of hydrogen-bond acceptors (Lipinski definition) is 2. The van der Waals surface area contributed by atoms with Crippen molar-refractivity contribution < 1.29 is 9.18 Å². The highest BCUT2D eigenvalue weighted by Gasteiger charge is 2.25. The number of rotatable bonds is 4. The number of benzene rings is 1. The number of carbonyl (C=O) groups is 1. The molecule has 1 fully saturated rings. The summed E-state index contributed by atoms with van der Waals surface area (Å²) in [4.78, 5) is 14.6. The first-order valence-electron chi connectivity index (χ1n) is 7.40. The van der Waals surface area contributed by atoms with Crippen molar-refractivity contribution in [3.8, 4) is 0 Å². The Labute approximate surface area is 120 Å². The molecule has 1 amide bonds. The van der Waals surface area contributed by atoms with Gasteiger partial charge in [-0.2, -0.15) is 0 Å². The van der Waals surface area contributed by atoms with Crippen molar-refractivity contribution in [1.29, 1.82) is 0 Å². The normalized spacial score (nSPS) is 16.1. The SMILES string of the molecule is CCCN(C(=O)c1cc(C)cc(F)c1)C1CCNCC1. The zero-order valence-electron chi connectivity index (χ0n) is 12.3. The highest BCUT2D eigenvalue weighted by Crippen LogP contribution is 2.18. The van der Waals surface area contributed by atoms with Crippen LogP contribution in [0.2, 0.25) is 0 Å². The molecular weight excluding hydrogens is 255 g/mol. The zero-order valence-corrected chi connectivity index (χ0v) is 12.3. The largest absolute Gasteiger partial charge is 0.336 e. The van der Waals surface area contributed by atoms with Crippen LogP contribution < -0.4 is 5.32 Å². The van der Waals surface area contributed by atoms with E-state index < -0.39 is 0 Å². The van der Waals surface area contributed by atoms with E-state index in [0.717, 1.165) is 44.5 Å². The van der Waals surface area contributed by atoms with Crippen molar-refractivity contribution in [3.05, 3.63) is 35.1 Å². The second-order valence-electron chi connectivity index (χ2n) is 5.50. The first-order chi connectivity index (χ1) is 9.61. The summed E-state index contributed by atoms with van der Waals surface area (Å²) in [5, 5.41) is 3.31. The van der Waals surface area contributed by atoms with Gasteiger partial charge in [0.2, 0.25) is 0 Å². The molecule has 0 radical (unpaired) electrons. The molecule has 0 bridgehead atoms. The summed E-state index contributed by atoms with van der Waals surface area (Å²) in [7, 11) is 0. The van der Waals surface area contributed by atoms with Gasteiger partial charge >= 0.3 is 0 Å². The van der Waals surface area contributed by atoms with Gasteiger partial charge in [0.1, 0.15) is 5.82 Å². The van der Waals surface area contributed by atoms with Crippen LogP contribution in [0.5, 0.6) is 0 Å². The van der Waals surface area contributed by atoms with E-state index in [0.29, 0.717) is 5.56 Å². The predicted molar refractivity (Wildman–Crippen MR) is 78.4 cm³/mol. The lowest BCUT2D eigenvalue weighted by atomic mass is 10.0. The molecule has 0 saturated carbocycles. The average Bonchev–Trinajstić information content (AvgIpc) is 2.44. The van der Waals surface area contributed by atoms with E-state index in [1.54, 1.807) is 6.07 Å². The molecule has 4 heteroatoms. The van der Waals surface area contributed by atoms with Crippen molar-refractivity contribution in [1.82, 2.24) is 10.2 Å². The quantitative estimate of drug-likeness (QED) is 0.918. The van der Waals surface area contributed by atoms with Gasteiger partial charge in [0.25, 0.3) is 5.91 Å². The van der Waals surface area contributed by atoms with Gasteiger partial charge in [-0.05, 0) is 63.0 Å². The fourth-order valence-corrected chi connectivity index (χ4v) is 2.83. The van der Waals surface area contributed by atoms with Crippen LogP contribution in [0.4, 0.5) is 4.39 Å². The Morgan fingerprint density at radius 1 is 1.35 bits per heavy atom. The Morgan fingerprint density at radius 2 is 2.05 bits per heavy atom. The summed E-state index contributed by atoms with van der Waals surface area (Å²) in [5.74, 6) is -0.378. The van der Waals surface area contributed by atoms with Gasteiger partial charge in [0, 0.05) is 18.2 Å². The van der Waals surface area contributed by atoms with Gasteiger partial charge in [-0.25, -0.2) is 4.39 Å². The van der Waals surface area contributed by atoms with Gasteiger partial charge < -0.3 is 10.2 Å². The third kappa shape index (κ3) is 3.57. The van der Waals surface area contributed by atoms with Gasteiger partial charge in [-0.3, -0.25) is 4.79 Å². The molecule has 1 aromatic carbocycles. The summed E-state index contributed by atoms with van der Waals surface area (Å²) in [5.41, 5.74) is 1.25. The summed E-state index contributed by atoms with van der Waals surface area (Å²) < 4.78 is 13.5. The summed E-state index contributed by atoms with van der Waals surface area (Å²) >= 11 is 0. The molecule has 2 rings (SSSR count). The fraction of sp³-hybridized carbons (Fsp3) is 0.562. The third-order valence-electron chi connectivity index (χ3n) is 3.76. The van der Waals surface area contributed by atoms with E-state index in [4.69, 9.17) is 0 Å². The molecule has 1 N–H and O–H groups in total. The number of hydrogen-bond donors (Lipinski definition) is 1. The monoisotopic (exact) mass is 278 g/mol. The zero-order chi connectivity index (χ0) is 14.5. The Hall–Kier alpha value is -1.42. The Kier molecular flexibility index (Phi) is 5.12. The molecule has 0 atom stereocenters. The molecule has 1 aromatic rings. The van der Waals surface area contributed by atoms with E-state index in [2.05, 4.69) is 12.2 Å². The standard InChI is InChI=1S/C16H23FN2O/c1-3-8-19(15-4-6-18-7-5-15)16(20)13-9-12(2)10-14(17)11-13/h9-11,15,18H,3-8H2,1-2H3. The molecule has 0 aliphatic carbocycles. The van der Waals surface area contributed by atoms with E-state index in [1.807, 2.05) is 11.8 Å². The van der Waals surface area contributed by atoms with Crippen molar-refractivity contribution in [2.45, 2.75) is 39.2 Å². The van der Waals surface area contributed by atoms with Crippen LogP contribution in [0.25, 0.3) is 0 Å². The van der Waals surface area contributed by atoms with Crippen LogP contribution in [-0.4, -0.2) is 36.5 Å². The maximum atomic E-state index is 13.5. The molecule has 3 nitrogen and oxygen atoms in total. The van der Waals surface area contributed by atoms with E-state index in [9.17, 15) is 9.18 Å². The number of halogens is 1. The van der Waals surface area contributed by atoms with Crippen molar-refractivity contribution >= 4 is 5.91 Å². The highest BCUT2D eigenvalue weighted by atomic mass is 19.1. The number of nitrogens with zero attached hydrogens (tertiary/aromatic N) is 1. The van der Waals surface area contributed by atoms with E-state index in [1.165, 1.54) is 12.1 Å². The third-order valence-corrected chi connectivity index (χ3v) is 3.76. The number of nitrogens with one attached hydrogen (secondary N) is 1. The molecule has 0 aromatic heterocycles. The summed E-state index contributed by atoms with van der Waals surface area (Å²) in [6.45, 7) is 6.51. The van der Waals surface area contributed by atoms with Gasteiger partial charge in [-0.1, -0.05) is 6.92 Å². The van der Waals surface area contributed by atoms with Gasteiger partial charge in [0.05, 0.1) is 0 Å². The van der Waals surface area contributed by atoms with E-state index >= 15 is 0 Å². The molecule has 1 heterocycles. The average molecular weight is 278 g/mol. The lowest BCUT2D eigenvalue weighted by Crippen LogP contribution is -2.46. The van der Waals surface area contributed by atoms with Crippen LogP contribution >= 0.6 is 0 Å². The first-order valence-corrected chi connectivity index (χ1v) is 7.40. The van der Waals surface area contributed by atoms with Crippen molar-refractivity contribution in [2.24, 2.45) is 0 Å². The summed E-state index contributed by atoms with van der Waals surface area (Å²) in [6.07, 6.45) is 2.87. The molecule has 1 saturated heterocycles. The predicted octanol–water partition coefficient (Wildman–Crippen LogP) is 2.74. The minimum absolute atomic E-state index is 0.0404. The van der Waals surface area contributed by atoms with Crippen LogP contribution in [0.3, 0.4) is 0 Å². The van der Waals surface area contributed by atoms with Crippen LogP contribution in [0, 0.1) is 12.7 Å². The Bertz CT molecular complexity index is 449. The van der Waals surface area contributed by atoms with Crippen LogP contribution in [-0.2, 0) is 0 Å². The maximum Gasteiger partial charge on any atom is 0.254 e. The number of piperidine rings is 1. The van der Waals surface area contributed by atoms with Crippen molar-refractivity contribution in [2.75, 3.05) is 19.6 Å². The van der Waals surface area contributed by atoms with Crippen LogP contribution in [0.15, 0.2) is 18.2 Å². The van der Waals surface area contributed by atoms with Crippen LogP contribution in [0.1, 0.15) is 42.1 Å². The summed E-state index contributed by atoms with van der Waals surface area (Å²) in [6, 6.07) is 4.84. The molecule has 110 valence electrons. The Balaban J connectivity index is 2.20. The minimum Gasteiger partial charge on any atom is -0.336 e. The topological polar surface area (TPSA) is 32.3 Å². The fourth-order valence-electron chi connectivity index (χ4n) is 2.83. The van der Waals surface area contributed by atoms with Crippen molar-refractivity contribution in [3.63, 3.8) is 0 Å². The second kappa shape index (κ2) is 6.84. The highest BCUT2D eigenvalue weighted by molar-refractivity contribution is 5.94. The second-order valence-corrected chi connectivity index (χ2v) is 5.50. The maximum absolute atomic E-state index is 13.5. The van der Waals surface area contributed by atoms with Gasteiger partial charge in [-0.15, -0.1) is 0 Å². The lowest BCUT2D eigenvalue weighted by molar-refractivity contribution is 0.0642. The molecule has 0 unspecified atom stereocenters. The molecule has 1 aliphatic rings. The minimum atomic E-state index is -0.338.